The van der Waals surface area contributed by atoms with Crippen molar-refractivity contribution in [2.24, 2.45) is 0 Å². The lowest BCUT2D eigenvalue weighted by Gasteiger charge is -2.20. The van der Waals surface area contributed by atoms with Gasteiger partial charge >= 0.3 is 6.11 Å². The quantitative estimate of drug-likeness (QED) is 0.278. The van der Waals surface area contributed by atoms with Crippen LogP contribution in [0.4, 0.5) is 26.3 Å². The zero-order valence-electron chi connectivity index (χ0n) is 15.0. The van der Waals surface area contributed by atoms with Crippen molar-refractivity contribution in [3.63, 3.8) is 0 Å². The molecule has 0 fully saturated rings. The van der Waals surface area contributed by atoms with Gasteiger partial charge in [-0.2, -0.15) is 17.6 Å². The molecule has 2 aromatic rings. The summed E-state index contributed by atoms with van der Waals surface area (Å²) in [6.07, 6.45) is -1.61. The molecule has 8 heteroatoms. The van der Waals surface area contributed by atoms with E-state index in [4.69, 9.17) is 4.74 Å². The smallest absolute Gasteiger partial charge is 0.429 e. The van der Waals surface area contributed by atoms with E-state index < -0.39 is 46.4 Å². The normalized spacial score (nSPS) is 11.4. The average molecular weight is 404 g/mol. The molecule has 0 unspecified atom stereocenters. The molecule has 152 valence electrons. The Labute approximate surface area is 158 Å². The highest BCUT2D eigenvalue weighted by Crippen LogP contribution is 2.37. The molecular formula is C20H18F6O2. The van der Waals surface area contributed by atoms with E-state index in [9.17, 15) is 26.3 Å². The molecule has 0 saturated carbocycles. The highest BCUT2D eigenvalue weighted by molar-refractivity contribution is 5.35. The van der Waals surface area contributed by atoms with Gasteiger partial charge in [-0.3, -0.25) is 0 Å². The summed E-state index contributed by atoms with van der Waals surface area (Å²) in [5.74, 6) is -8.19. The molecule has 0 aliphatic rings. The van der Waals surface area contributed by atoms with Crippen molar-refractivity contribution in [3.8, 4) is 11.5 Å². The lowest BCUT2D eigenvalue weighted by molar-refractivity contribution is -0.189. The standard InChI is InChI=1S/C20H18F6O2/c1-3-5-6-7-12-8-10-15(19(24)16(12)21)28-20(25,26)13-9-11-14(27-4-2)18(23)17(13)22/h3,8-11H,1,4-7H2,2H3. The molecule has 0 radical (unpaired) electrons. The number of hydrogen-bond acceptors (Lipinski definition) is 2. The molecule has 0 atom stereocenters. The van der Waals surface area contributed by atoms with Gasteiger partial charge in [0.25, 0.3) is 0 Å². The van der Waals surface area contributed by atoms with Gasteiger partial charge in [-0.05, 0) is 49.9 Å². The summed E-state index contributed by atoms with van der Waals surface area (Å²) in [4.78, 5) is 0. The lowest BCUT2D eigenvalue weighted by Crippen LogP contribution is -2.25. The van der Waals surface area contributed by atoms with Crippen LogP contribution >= 0.6 is 0 Å². The summed E-state index contributed by atoms with van der Waals surface area (Å²) in [6, 6.07) is 3.27. The van der Waals surface area contributed by atoms with E-state index in [-0.39, 0.29) is 18.6 Å². The molecule has 0 aliphatic heterocycles. The van der Waals surface area contributed by atoms with Crippen LogP contribution in [0.3, 0.4) is 0 Å². The number of hydrogen-bond donors (Lipinski definition) is 0. The van der Waals surface area contributed by atoms with Crippen LogP contribution in [0.5, 0.6) is 11.5 Å². The van der Waals surface area contributed by atoms with Gasteiger partial charge in [0.15, 0.2) is 23.1 Å². The maximum atomic E-state index is 14.3. The van der Waals surface area contributed by atoms with Crippen LogP contribution in [-0.4, -0.2) is 6.61 Å². The third kappa shape index (κ3) is 4.61. The summed E-state index contributed by atoms with van der Waals surface area (Å²) >= 11 is 0. The van der Waals surface area contributed by atoms with E-state index >= 15 is 0 Å². The molecule has 2 rings (SSSR count). The summed E-state index contributed by atoms with van der Waals surface area (Å²) in [5, 5.41) is 0. The number of rotatable bonds is 9. The third-order valence-electron chi connectivity index (χ3n) is 3.88. The van der Waals surface area contributed by atoms with Crippen LogP contribution in [-0.2, 0) is 12.5 Å². The molecule has 0 amide bonds. The van der Waals surface area contributed by atoms with Crippen molar-refractivity contribution in [2.75, 3.05) is 6.61 Å². The van der Waals surface area contributed by atoms with Gasteiger partial charge in [0.05, 0.1) is 6.61 Å². The van der Waals surface area contributed by atoms with Gasteiger partial charge in [-0.25, -0.2) is 8.78 Å². The molecule has 0 aliphatic carbocycles. The fourth-order valence-electron chi connectivity index (χ4n) is 2.50. The Balaban J connectivity index is 2.30. The van der Waals surface area contributed by atoms with Gasteiger partial charge < -0.3 is 9.47 Å². The van der Waals surface area contributed by atoms with Gasteiger partial charge in [-0.1, -0.05) is 12.1 Å². The van der Waals surface area contributed by atoms with Crippen LogP contribution in [0.2, 0.25) is 0 Å². The molecule has 0 aromatic heterocycles. The van der Waals surface area contributed by atoms with Crippen LogP contribution in [0.1, 0.15) is 30.9 Å². The molecule has 0 spiro atoms. The maximum Gasteiger partial charge on any atom is 0.429 e. The van der Waals surface area contributed by atoms with Crippen molar-refractivity contribution < 1.29 is 35.8 Å². The highest BCUT2D eigenvalue weighted by atomic mass is 19.3. The fraction of sp³-hybridized carbons (Fsp3) is 0.300. The highest BCUT2D eigenvalue weighted by Gasteiger charge is 2.40. The molecule has 2 nitrogen and oxygen atoms in total. The summed E-state index contributed by atoms with van der Waals surface area (Å²) in [7, 11) is 0. The first-order chi connectivity index (χ1) is 13.2. The van der Waals surface area contributed by atoms with Crippen molar-refractivity contribution in [2.45, 2.75) is 32.3 Å². The van der Waals surface area contributed by atoms with Crippen LogP contribution < -0.4 is 9.47 Å². The van der Waals surface area contributed by atoms with Crippen molar-refractivity contribution in [3.05, 3.63) is 71.3 Å². The fourth-order valence-corrected chi connectivity index (χ4v) is 2.50. The average Bonchev–Trinajstić information content (AvgIpc) is 2.65. The second-order valence-corrected chi connectivity index (χ2v) is 5.82. The number of unbranched alkanes of at least 4 members (excludes halogenated alkanes) is 1. The van der Waals surface area contributed by atoms with Crippen LogP contribution in [0, 0.1) is 23.3 Å². The number of aryl methyl sites for hydroxylation is 1. The monoisotopic (exact) mass is 404 g/mol. The van der Waals surface area contributed by atoms with E-state index in [1.165, 1.54) is 6.92 Å². The first-order valence-electron chi connectivity index (χ1n) is 8.48. The number of allylic oxidation sites excluding steroid dienone is 1. The Hall–Kier alpha value is -2.64. The van der Waals surface area contributed by atoms with E-state index in [1.807, 2.05) is 0 Å². The molecule has 0 heterocycles. The van der Waals surface area contributed by atoms with Gasteiger partial charge in [-0.15, -0.1) is 6.58 Å². The molecule has 0 saturated heterocycles. The van der Waals surface area contributed by atoms with Crippen molar-refractivity contribution >= 4 is 0 Å². The largest absolute Gasteiger partial charge is 0.491 e. The topological polar surface area (TPSA) is 18.5 Å². The summed E-state index contributed by atoms with van der Waals surface area (Å²) in [5.41, 5.74) is -1.49. The minimum atomic E-state index is -4.45. The van der Waals surface area contributed by atoms with Crippen LogP contribution in [0.15, 0.2) is 36.9 Å². The predicted molar refractivity (Wildman–Crippen MR) is 91.5 cm³/mol. The predicted octanol–water partition coefficient (Wildman–Crippen LogP) is 6.28. The Kier molecular flexibility index (Phi) is 6.99. The third-order valence-corrected chi connectivity index (χ3v) is 3.88. The first kappa shape index (κ1) is 21.7. The van der Waals surface area contributed by atoms with Gasteiger partial charge in [0.1, 0.15) is 5.56 Å². The minimum Gasteiger partial charge on any atom is -0.491 e. The Morgan fingerprint density at radius 2 is 1.57 bits per heavy atom. The molecule has 0 bridgehead atoms. The summed E-state index contributed by atoms with van der Waals surface area (Å²) in [6.45, 7) is 5.00. The van der Waals surface area contributed by atoms with Gasteiger partial charge in [0.2, 0.25) is 11.6 Å². The minimum absolute atomic E-state index is 0.00770. The first-order valence-corrected chi connectivity index (χ1v) is 8.48. The SMILES string of the molecule is C=CCCCc1ccc(OC(F)(F)c2ccc(OCC)c(F)c2F)c(F)c1F. The lowest BCUT2D eigenvalue weighted by atomic mass is 10.1. The van der Waals surface area contributed by atoms with E-state index in [2.05, 4.69) is 11.3 Å². The van der Waals surface area contributed by atoms with E-state index in [0.717, 1.165) is 18.2 Å². The Bertz CT molecular complexity index is 851. The molecule has 28 heavy (non-hydrogen) atoms. The second kappa shape index (κ2) is 9.03. The summed E-state index contributed by atoms with van der Waals surface area (Å²) < 4.78 is 93.6. The Morgan fingerprint density at radius 3 is 2.21 bits per heavy atom. The number of ether oxygens (including phenoxy) is 2. The number of alkyl halides is 2. The van der Waals surface area contributed by atoms with Gasteiger partial charge in [0, 0.05) is 0 Å². The maximum absolute atomic E-state index is 14.3. The van der Waals surface area contributed by atoms with E-state index in [0.29, 0.717) is 18.9 Å². The molecular weight excluding hydrogens is 386 g/mol. The molecule has 0 N–H and O–H groups in total. The van der Waals surface area contributed by atoms with Crippen molar-refractivity contribution in [1.29, 1.82) is 0 Å². The second-order valence-electron chi connectivity index (χ2n) is 5.82. The zero-order chi connectivity index (χ0) is 20.9. The number of halogens is 6. The Morgan fingerprint density at radius 1 is 0.929 bits per heavy atom. The number of benzene rings is 2. The van der Waals surface area contributed by atoms with Crippen molar-refractivity contribution in [1.82, 2.24) is 0 Å². The van der Waals surface area contributed by atoms with E-state index in [1.54, 1.807) is 6.08 Å². The van der Waals surface area contributed by atoms with Crippen LogP contribution in [0.25, 0.3) is 0 Å². The molecule has 2 aromatic carbocycles. The zero-order valence-corrected chi connectivity index (χ0v) is 15.0.